The molecule has 0 saturated heterocycles. The van der Waals surface area contributed by atoms with Crippen LogP contribution in [0.25, 0.3) is 0 Å². The maximum absolute atomic E-state index is 12.5. The minimum Gasteiger partial charge on any atom is -0.426 e. The van der Waals surface area contributed by atoms with E-state index < -0.39 is 17.8 Å². The van der Waals surface area contributed by atoms with Crippen molar-refractivity contribution in [3.8, 4) is 5.75 Å². The number of carbonyl (C=O) groups is 4. The van der Waals surface area contributed by atoms with Crippen molar-refractivity contribution < 1.29 is 23.9 Å². The van der Waals surface area contributed by atoms with Crippen LogP contribution in [0.1, 0.15) is 43.1 Å². The number of halogens is 1. The van der Waals surface area contributed by atoms with Crippen molar-refractivity contribution >= 4 is 35.2 Å². The molecule has 3 aromatic rings. The Bertz CT molecular complexity index is 1150. The zero-order chi connectivity index (χ0) is 22.0. The fourth-order valence-electron chi connectivity index (χ4n) is 3.27. The highest BCUT2D eigenvalue weighted by atomic mass is 35.5. The number of rotatable bonds is 6. The van der Waals surface area contributed by atoms with Crippen LogP contribution in [0.4, 0.5) is 0 Å². The molecule has 0 unspecified atom stereocenters. The molecule has 0 aliphatic carbocycles. The largest absolute Gasteiger partial charge is 0.426 e. The average molecular weight is 434 g/mol. The van der Waals surface area contributed by atoms with Crippen LogP contribution in [0.15, 0.2) is 72.8 Å². The molecule has 0 radical (unpaired) electrons. The Labute approximate surface area is 183 Å². The van der Waals surface area contributed by atoms with Gasteiger partial charge in [-0.3, -0.25) is 24.1 Å². The number of nitrogens with zero attached hydrogens (tertiary/aromatic N) is 1. The third-order valence-corrected chi connectivity index (χ3v) is 5.12. The van der Waals surface area contributed by atoms with Gasteiger partial charge in [0.1, 0.15) is 5.75 Å². The van der Waals surface area contributed by atoms with E-state index in [1.807, 2.05) is 0 Å². The number of fused-ring (bicyclic) bond motifs is 1. The summed E-state index contributed by atoms with van der Waals surface area (Å²) in [5.74, 6) is -1.34. The summed E-state index contributed by atoms with van der Waals surface area (Å²) in [6.07, 6.45) is -0.142. The lowest BCUT2D eigenvalue weighted by Crippen LogP contribution is -2.32. The van der Waals surface area contributed by atoms with Gasteiger partial charge < -0.3 is 4.74 Å². The van der Waals surface area contributed by atoms with E-state index in [0.717, 1.165) is 4.90 Å². The average Bonchev–Trinajstić information content (AvgIpc) is 3.03. The Kier molecular flexibility index (Phi) is 5.64. The van der Waals surface area contributed by atoms with Crippen molar-refractivity contribution in [1.82, 2.24) is 4.90 Å². The first-order chi connectivity index (χ1) is 14.9. The van der Waals surface area contributed by atoms with Gasteiger partial charge in [-0.2, -0.15) is 0 Å². The Hall–Kier alpha value is -3.77. The molecule has 1 heterocycles. The molecular formula is C24H16ClNO5. The van der Waals surface area contributed by atoms with E-state index >= 15 is 0 Å². The van der Waals surface area contributed by atoms with E-state index in [9.17, 15) is 19.2 Å². The van der Waals surface area contributed by atoms with Crippen LogP contribution in [-0.4, -0.2) is 35.0 Å². The molecule has 31 heavy (non-hydrogen) atoms. The summed E-state index contributed by atoms with van der Waals surface area (Å²) < 4.78 is 5.26. The first-order valence-corrected chi connectivity index (χ1v) is 9.88. The predicted molar refractivity (Wildman–Crippen MR) is 113 cm³/mol. The lowest BCUT2D eigenvalue weighted by atomic mass is 10.0. The Balaban J connectivity index is 1.34. The van der Waals surface area contributed by atoms with Gasteiger partial charge in [0.2, 0.25) is 0 Å². The molecule has 3 aromatic carbocycles. The maximum atomic E-state index is 12.5. The van der Waals surface area contributed by atoms with Crippen LogP contribution in [0.2, 0.25) is 5.02 Å². The summed E-state index contributed by atoms with van der Waals surface area (Å²) in [6, 6.07) is 19.2. The van der Waals surface area contributed by atoms with Gasteiger partial charge in [-0.1, -0.05) is 23.7 Å². The standard InChI is InChI=1S/C24H16ClNO5/c25-17-9-5-15(6-10-17)22(28)16-7-11-18(12-8-16)31-21(27)13-14-26-23(29)19-3-1-2-4-20(19)24(26)30/h1-12H,13-14H2. The second-order valence-corrected chi connectivity index (χ2v) is 7.33. The molecule has 0 spiro atoms. The van der Waals surface area contributed by atoms with Crippen LogP contribution >= 0.6 is 11.6 Å². The lowest BCUT2D eigenvalue weighted by molar-refractivity contribution is -0.134. The first-order valence-electron chi connectivity index (χ1n) is 9.50. The van der Waals surface area contributed by atoms with Gasteiger partial charge in [-0.15, -0.1) is 0 Å². The Morgan fingerprint density at radius 3 is 1.84 bits per heavy atom. The number of ether oxygens (including phenoxy) is 1. The maximum Gasteiger partial charge on any atom is 0.312 e. The quantitative estimate of drug-likeness (QED) is 0.252. The van der Waals surface area contributed by atoms with Crippen molar-refractivity contribution in [2.45, 2.75) is 6.42 Å². The molecule has 0 fully saturated rings. The second-order valence-electron chi connectivity index (χ2n) is 6.89. The number of carbonyl (C=O) groups excluding carboxylic acids is 4. The van der Waals surface area contributed by atoms with Gasteiger partial charge >= 0.3 is 5.97 Å². The van der Waals surface area contributed by atoms with Gasteiger partial charge in [0, 0.05) is 22.7 Å². The minimum atomic E-state index is -0.590. The molecule has 0 atom stereocenters. The topological polar surface area (TPSA) is 80.8 Å². The fraction of sp³-hybridized carbons (Fsp3) is 0.0833. The smallest absolute Gasteiger partial charge is 0.312 e. The summed E-state index contributed by atoms with van der Waals surface area (Å²) in [7, 11) is 0. The highest BCUT2D eigenvalue weighted by Gasteiger charge is 2.35. The molecule has 1 aliphatic heterocycles. The molecule has 0 aromatic heterocycles. The van der Waals surface area contributed by atoms with Gasteiger partial charge in [0.25, 0.3) is 11.8 Å². The van der Waals surface area contributed by atoms with Gasteiger partial charge in [0.05, 0.1) is 17.5 Å². The van der Waals surface area contributed by atoms with E-state index in [1.165, 1.54) is 12.1 Å². The van der Waals surface area contributed by atoms with E-state index in [0.29, 0.717) is 27.3 Å². The van der Waals surface area contributed by atoms with E-state index in [4.69, 9.17) is 16.3 Å². The summed E-state index contributed by atoms with van der Waals surface area (Å²) in [4.78, 5) is 50.4. The van der Waals surface area contributed by atoms with Gasteiger partial charge in [0.15, 0.2) is 5.78 Å². The summed E-state index contributed by atoms with van der Waals surface area (Å²) in [5.41, 5.74) is 1.60. The third kappa shape index (κ3) is 4.25. The molecule has 154 valence electrons. The van der Waals surface area contributed by atoms with Crippen LogP contribution in [-0.2, 0) is 4.79 Å². The molecule has 0 N–H and O–H groups in total. The molecule has 1 aliphatic rings. The van der Waals surface area contributed by atoms with Crippen molar-refractivity contribution in [3.63, 3.8) is 0 Å². The Morgan fingerprint density at radius 2 is 1.29 bits per heavy atom. The summed E-state index contributed by atoms with van der Waals surface area (Å²) in [6.45, 7) is -0.0711. The highest BCUT2D eigenvalue weighted by Crippen LogP contribution is 2.23. The Morgan fingerprint density at radius 1 is 0.774 bits per heavy atom. The molecule has 2 amide bonds. The van der Waals surface area contributed by atoms with Crippen LogP contribution in [0.5, 0.6) is 5.75 Å². The van der Waals surface area contributed by atoms with Crippen LogP contribution in [0, 0.1) is 0 Å². The second kappa shape index (κ2) is 8.53. The number of imide groups is 1. The first kappa shape index (κ1) is 20.5. The minimum absolute atomic E-state index is 0.0711. The van der Waals surface area contributed by atoms with Crippen LogP contribution < -0.4 is 4.74 Å². The van der Waals surface area contributed by atoms with Crippen molar-refractivity contribution in [2.75, 3.05) is 6.54 Å². The summed E-state index contributed by atoms with van der Waals surface area (Å²) in [5, 5.41) is 0.542. The van der Waals surface area contributed by atoms with E-state index in [-0.39, 0.29) is 24.5 Å². The number of ketones is 1. The van der Waals surface area contributed by atoms with Crippen molar-refractivity contribution in [2.24, 2.45) is 0 Å². The zero-order valence-corrected chi connectivity index (χ0v) is 17.0. The number of amides is 2. The number of esters is 1. The molecule has 0 saturated carbocycles. The SMILES string of the molecule is O=C(CCN1C(=O)c2ccccc2C1=O)Oc1ccc(C(=O)c2ccc(Cl)cc2)cc1. The predicted octanol–water partition coefficient (Wildman–Crippen LogP) is 4.16. The number of hydrogen-bond donors (Lipinski definition) is 0. The highest BCUT2D eigenvalue weighted by molar-refractivity contribution is 6.30. The molecular weight excluding hydrogens is 418 g/mol. The van der Waals surface area contributed by atoms with Gasteiger partial charge in [-0.25, -0.2) is 0 Å². The normalized spacial score (nSPS) is 12.6. The molecule has 7 heteroatoms. The zero-order valence-electron chi connectivity index (χ0n) is 16.2. The van der Waals surface area contributed by atoms with Gasteiger partial charge in [-0.05, 0) is 60.7 Å². The van der Waals surface area contributed by atoms with E-state index in [1.54, 1.807) is 60.7 Å². The third-order valence-electron chi connectivity index (χ3n) is 4.87. The van der Waals surface area contributed by atoms with E-state index in [2.05, 4.69) is 0 Å². The number of hydrogen-bond acceptors (Lipinski definition) is 5. The molecule has 4 rings (SSSR count). The van der Waals surface area contributed by atoms with Crippen LogP contribution in [0.3, 0.4) is 0 Å². The molecule has 6 nitrogen and oxygen atoms in total. The summed E-state index contributed by atoms with van der Waals surface area (Å²) >= 11 is 5.84. The number of benzene rings is 3. The van der Waals surface area contributed by atoms with Crippen molar-refractivity contribution in [1.29, 1.82) is 0 Å². The fourth-order valence-corrected chi connectivity index (χ4v) is 3.40. The molecule has 0 bridgehead atoms. The monoisotopic (exact) mass is 433 g/mol. The lowest BCUT2D eigenvalue weighted by Gasteiger charge is -2.13. The van der Waals surface area contributed by atoms with Crippen molar-refractivity contribution in [3.05, 3.63) is 100 Å².